The second kappa shape index (κ2) is 19.5. The van der Waals surface area contributed by atoms with Gasteiger partial charge in [0.1, 0.15) is 11.5 Å². The van der Waals surface area contributed by atoms with Crippen LogP contribution >= 0.6 is 0 Å². The molecule has 46 heavy (non-hydrogen) atoms. The molecule has 0 saturated carbocycles. The number of fused-ring (bicyclic) bond motifs is 2. The van der Waals surface area contributed by atoms with Gasteiger partial charge in [-0.15, -0.1) is 0 Å². The highest BCUT2D eigenvalue weighted by Crippen LogP contribution is 2.44. The summed E-state index contributed by atoms with van der Waals surface area (Å²) >= 11 is 0. The number of benzene rings is 4. The summed E-state index contributed by atoms with van der Waals surface area (Å²) < 4.78 is 12.9. The first kappa shape index (κ1) is 34.8. The first-order valence-electron chi connectivity index (χ1n) is 17.8. The first-order valence-corrected chi connectivity index (χ1v) is 17.8. The van der Waals surface area contributed by atoms with Gasteiger partial charge in [-0.25, -0.2) is 9.69 Å². The topological polar surface area (TPSA) is 27.2 Å². The van der Waals surface area contributed by atoms with Gasteiger partial charge in [0.05, 0.1) is 26.4 Å². The number of hydrogen-bond acceptors (Lipinski definition) is 2. The van der Waals surface area contributed by atoms with E-state index < -0.39 is 0 Å². The summed E-state index contributed by atoms with van der Waals surface area (Å²) in [7, 11) is 0. The van der Waals surface area contributed by atoms with E-state index in [-0.39, 0.29) is 0 Å². The summed E-state index contributed by atoms with van der Waals surface area (Å²) in [6, 6.07) is 20.1. The minimum Gasteiger partial charge on any atom is -0.494 e. The number of unbranched alkanes of at least 4 members (excludes halogenated alkanes) is 14. The predicted octanol–water partition coefficient (Wildman–Crippen LogP) is 13.8. The molecule has 242 valence electrons. The zero-order valence-electron chi connectivity index (χ0n) is 28.2. The van der Waals surface area contributed by atoms with E-state index in [9.17, 15) is 0 Å². The quantitative estimate of drug-likeness (QED) is 0.0688. The van der Waals surface area contributed by atoms with Crippen molar-refractivity contribution in [3.8, 4) is 22.6 Å². The molecule has 0 N–H and O–H groups in total. The second-order valence-corrected chi connectivity index (χ2v) is 12.6. The molecule has 0 heterocycles. The Kier molecular flexibility index (Phi) is 14.8. The zero-order chi connectivity index (χ0) is 32.4. The van der Waals surface area contributed by atoms with E-state index >= 15 is 0 Å². The minimum atomic E-state index is 0.615. The molecule has 4 aromatic carbocycles. The van der Waals surface area contributed by atoms with E-state index in [1.54, 1.807) is 0 Å². The average molecular weight is 617 g/mol. The number of nitrogens with zero attached hydrogens (tertiary/aromatic N) is 2. The van der Waals surface area contributed by atoms with E-state index in [1.807, 2.05) is 24.3 Å². The van der Waals surface area contributed by atoms with E-state index in [2.05, 4.69) is 59.9 Å². The second-order valence-electron chi connectivity index (χ2n) is 12.6. The fourth-order valence-corrected chi connectivity index (χ4v) is 6.30. The van der Waals surface area contributed by atoms with E-state index in [0.29, 0.717) is 24.6 Å². The van der Waals surface area contributed by atoms with Crippen molar-refractivity contribution in [2.45, 2.75) is 117 Å². The standard InChI is InChI=1S/C42H52N2O2/c1-5-7-9-11-13-15-17-19-27-45-37-31-34-30-36(44-4)22-24-38(34)40(32-37)42-39-25-23-35(43-3)29-33(39)21-26-41(42)46-28-20-18-16-14-12-10-8-6-2/h21-26,29-32H,5-20,27-28H2,1-2H3. The largest absolute Gasteiger partial charge is 0.494 e. The summed E-state index contributed by atoms with van der Waals surface area (Å²) in [6.45, 7) is 21.0. The van der Waals surface area contributed by atoms with Crippen LogP contribution in [0.3, 0.4) is 0 Å². The normalized spacial score (nSPS) is 11.0. The van der Waals surface area contributed by atoms with Crippen LogP contribution < -0.4 is 9.47 Å². The van der Waals surface area contributed by atoms with Gasteiger partial charge in [0.15, 0.2) is 11.4 Å². The van der Waals surface area contributed by atoms with Gasteiger partial charge < -0.3 is 9.47 Å². The Hall–Kier alpha value is -4.02. The van der Waals surface area contributed by atoms with Gasteiger partial charge in [0, 0.05) is 5.56 Å². The summed E-state index contributed by atoms with van der Waals surface area (Å²) in [5.74, 6) is 1.66. The Labute approximate surface area is 277 Å². The molecule has 0 aliphatic carbocycles. The Morgan fingerprint density at radius 3 is 1.61 bits per heavy atom. The van der Waals surface area contributed by atoms with Gasteiger partial charge in [0.25, 0.3) is 0 Å². The molecule has 4 rings (SSSR count). The first-order chi connectivity index (χ1) is 22.7. The number of rotatable bonds is 21. The van der Waals surface area contributed by atoms with Gasteiger partial charge in [-0.2, -0.15) is 0 Å². The Morgan fingerprint density at radius 1 is 0.500 bits per heavy atom. The predicted molar refractivity (Wildman–Crippen MR) is 196 cm³/mol. The van der Waals surface area contributed by atoms with Crippen molar-refractivity contribution in [3.05, 3.63) is 83.5 Å². The van der Waals surface area contributed by atoms with Crippen LogP contribution in [0.5, 0.6) is 11.5 Å². The van der Waals surface area contributed by atoms with E-state index in [4.69, 9.17) is 22.6 Å². The van der Waals surface area contributed by atoms with Crippen LogP contribution in [0.15, 0.2) is 60.7 Å². The Morgan fingerprint density at radius 2 is 1.02 bits per heavy atom. The SMILES string of the molecule is [C-]#[N+]c1ccc2c(-c3c(OCCCCCCCCCC)ccc4cc([N+]#[C-])ccc34)cc(OCCCCCCCCCC)cc2c1. The Balaban J connectivity index is 1.58. The molecule has 4 heteroatoms. The fraction of sp³-hybridized carbons (Fsp3) is 0.476. The summed E-state index contributed by atoms with van der Waals surface area (Å²) in [4.78, 5) is 7.38. The lowest BCUT2D eigenvalue weighted by molar-refractivity contribution is 0.304. The van der Waals surface area contributed by atoms with Crippen molar-refractivity contribution in [2.75, 3.05) is 13.2 Å². The monoisotopic (exact) mass is 616 g/mol. The highest BCUT2D eigenvalue weighted by Gasteiger charge is 2.17. The molecule has 0 fully saturated rings. The van der Waals surface area contributed by atoms with Crippen molar-refractivity contribution >= 4 is 32.9 Å². The van der Waals surface area contributed by atoms with Crippen LogP contribution in [-0.4, -0.2) is 13.2 Å². The maximum absolute atomic E-state index is 7.61. The lowest BCUT2D eigenvalue weighted by Gasteiger charge is -2.18. The molecular formula is C42H52N2O2. The maximum Gasteiger partial charge on any atom is 0.187 e. The number of ether oxygens (including phenoxy) is 2. The van der Waals surface area contributed by atoms with Gasteiger partial charge in [0.2, 0.25) is 0 Å². The van der Waals surface area contributed by atoms with E-state index in [0.717, 1.165) is 57.0 Å². The van der Waals surface area contributed by atoms with Crippen molar-refractivity contribution in [3.63, 3.8) is 0 Å². The third-order valence-electron chi connectivity index (χ3n) is 8.92. The lowest BCUT2D eigenvalue weighted by Crippen LogP contribution is -2.01. The van der Waals surface area contributed by atoms with Crippen LogP contribution in [0.4, 0.5) is 11.4 Å². The van der Waals surface area contributed by atoms with Crippen LogP contribution in [0.25, 0.3) is 42.4 Å². The van der Waals surface area contributed by atoms with Gasteiger partial charge in [-0.3, -0.25) is 0 Å². The van der Waals surface area contributed by atoms with Crippen LogP contribution in [0.2, 0.25) is 0 Å². The Bertz CT molecular complexity index is 1610. The molecule has 0 aliphatic rings. The summed E-state index contributed by atoms with van der Waals surface area (Å²) in [5.41, 5.74) is 3.29. The molecule has 0 bridgehead atoms. The maximum atomic E-state index is 7.61. The fourth-order valence-electron chi connectivity index (χ4n) is 6.30. The minimum absolute atomic E-state index is 0.615. The molecule has 0 spiro atoms. The van der Waals surface area contributed by atoms with Crippen LogP contribution in [-0.2, 0) is 0 Å². The molecule has 0 aliphatic heterocycles. The smallest absolute Gasteiger partial charge is 0.187 e. The lowest BCUT2D eigenvalue weighted by atomic mass is 9.92. The molecule has 0 aromatic heterocycles. The van der Waals surface area contributed by atoms with Crippen molar-refractivity contribution < 1.29 is 9.47 Å². The molecule has 0 atom stereocenters. The van der Waals surface area contributed by atoms with Crippen LogP contribution in [0, 0.1) is 13.1 Å². The average Bonchev–Trinajstić information content (AvgIpc) is 3.09. The molecule has 0 saturated heterocycles. The van der Waals surface area contributed by atoms with Crippen LogP contribution in [0.1, 0.15) is 117 Å². The molecule has 4 aromatic rings. The molecule has 0 amide bonds. The summed E-state index contributed by atoms with van der Waals surface area (Å²) in [5, 5.41) is 4.11. The van der Waals surface area contributed by atoms with Crippen molar-refractivity contribution in [2.24, 2.45) is 0 Å². The molecule has 4 nitrogen and oxygen atoms in total. The third kappa shape index (κ3) is 10.3. The van der Waals surface area contributed by atoms with Gasteiger partial charge in [-0.1, -0.05) is 134 Å². The molecule has 0 unspecified atom stereocenters. The van der Waals surface area contributed by atoms with Crippen molar-refractivity contribution in [1.82, 2.24) is 0 Å². The van der Waals surface area contributed by atoms with Gasteiger partial charge in [-0.05, 0) is 70.3 Å². The van der Waals surface area contributed by atoms with Crippen molar-refractivity contribution in [1.29, 1.82) is 0 Å². The zero-order valence-corrected chi connectivity index (χ0v) is 28.2. The highest BCUT2D eigenvalue weighted by molar-refractivity contribution is 6.09. The number of hydrogen-bond donors (Lipinski definition) is 0. The third-order valence-corrected chi connectivity index (χ3v) is 8.92. The summed E-state index contributed by atoms with van der Waals surface area (Å²) in [6.07, 6.45) is 20.1. The molecule has 0 radical (unpaired) electrons. The highest BCUT2D eigenvalue weighted by atomic mass is 16.5. The molecular weight excluding hydrogens is 564 g/mol. The van der Waals surface area contributed by atoms with E-state index in [1.165, 1.54) is 89.9 Å². The van der Waals surface area contributed by atoms with Gasteiger partial charge >= 0.3 is 0 Å².